The van der Waals surface area contributed by atoms with Crippen LogP contribution in [0, 0.1) is 0 Å². The summed E-state index contributed by atoms with van der Waals surface area (Å²) < 4.78 is 6.01. The van der Waals surface area contributed by atoms with Gasteiger partial charge in [0.2, 0.25) is 0 Å². The number of H-pyrrole nitrogens is 1. The van der Waals surface area contributed by atoms with Crippen LogP contribution in [0.15, 0.2) is 102 Å². The fourth-order valence-electron chi connectivity index (χ4n) is 3.75. The zero-order chi connectivity index (χ0) is 24.0. The minimum absolute atomic E-state index is 0.0811. The van der Waals surface area contributed by atoms with Gasteiger partial charge in [0, 0.05) is 11.1 Å². The summed E-state index contributed by atoms with van der Waals surface area (Å²) in [5.41, 5.74) is 5.66. The first-order chi connectivity index (χ1) is 17.2. The Labute approximate surface area is 201 Å². The number of para-hydroxylation sites is 1. The van der Waals surface area contributed by atoms with Gasteiger partial charge < -0.3 is 9.84 Å². The molecule has 0 radical (unpaired) electrons. The van der Waals surface area contributed by atoms with E-state index in [2.05, 4.69) is 20.7 Å². The molecular formula is C28H22N4O3. The van der Waals surface area contributed by atoms with E-state index in [0.717, 1.165) is 21.9 Å². The van der Waals surface area contributed by atoms with Gasteiger partial charge in [-0.1, -0.05) is 72.8 Å². The quantitative estimate of drug-likeness (QED) is 0.226. The summed E-state index contributed by atoms with van der Waals surface area (Å²) in [5, 5.41) is 23.1. The summed E-state index contributed by atoms with van der Waals surface area (Å²) in [6.45, 7) is 0.422. The standard InChI is InChI=1S/C28H22N4O3/c33-26-15-14-20-10-4-5-11-21(20)23(26)17-29-32-28(34)25-16-24(30-31-25)22-12-6-7-13-27(22)35-18-19-8-2-1-3-9-19/h1-17,33H,18H2,(H,30,31)(H,32,34). The van der Waals surface area contributed by atoms with E-state index < -0.39 is 5.91 Å². The lowest BCUT2D eigenvalue weighted by Crippen LogP contribution is -2.18. The summed E-state index contributed by atoms with van der Waals surface area (Å²) in [6, 6.07) is 30.1. The summed E-state index contributed by atoms with van der Waals surface area (Å²) in [5.74, 6) is 0.291. The molecule has 172 valence electrons. The molecule has 7 heteroatoms. The van der Waals surface area contributed by atoms with E-state index in [0.29, 0.717) is 23.6 Å². The molecule has 0 atom stereocenters. The molecule has 7 nitrogen and oxygen atoms in total. The molecule has 0 bridgehead atoms. The molecule has 35 heavy (non-hydrogen) atoms. The Morgan fingerprint density at radius 2 is 1.74 bits per heavy atom. The molecule has 5 aromatic rings. The third kappa shape index (κ3) is 4.89. The van der Waals surface area contributed by atoms with Crippen LogP contribution >= 0.6 is 0 Å². The fraction of sp³-hybridized carbons (Fsp3) is 0.0357. The predicted molar refractivity (Wildman–Crippen MR) is 135 cm³/mol. The highest BCUT2D eigenvalue weighted by molar-refractivity contribution is 6.03. The number of phenolic OH excluding ortho intramolecular Hbond substituents is 1. The van der Waals surface area contributed by atoms with Gasteiger partial charge >= 0.3 is 0 Å². The van der Waals surface area contributed by atoms with Crippen molar-refractivity contribution in [2.45, 2.75) is 6.61 Å². The number of nitrogens with one attached hydrogen (secondary N) is 2. The summed E-state index contributed by atoms with van der Waals surface area (Å²) in [7, 11) is 0. The molecule has 1 heterocycles. The zero-order valence-electron chi connectivity index (χ0n) is 18.7. The first-order valence-electron chi connectivity index (χ1n) is 11.0. The molecular weight excluding hydrogens is 440 g/mol. The van der Waals surface area contributed by atoms with E-state index in [-0.39, 0.29) is 11.4 Å². The van der Waals surface area contributed by atoms with E-state index in [1.807, 2.05) is 84.9 Å². The summed E-state index contributed by atoms with van der Waals surface area (Å²) in [6.07, 6.45) is 1.43. The lowest BCUT2D eigenvalue weighted by atomic mass is 10.0. The molecule has 0 aliphatic rings. The highest BCUT2D eigenvalue weighted by atomic mass is 16.5. The predicted octanol–water partition coefficient (Wildman–Crippen LogP) is 5.28. The first kappa shape index (κ1) is 21.9. The smallest absolute Gasteiger partial charge is 0.289 e. The van der Waals surface area contributed by atoms with Gasteiger partial charge in [-0.3, -0.25) is 9.89 Å². The molecule has 1 amide bonds. The molecule has 0 saturated carbocycles. The van der Waals surface area contributed by atoms with Crippen LogP contribution in [-0.2, 0) is 6.61 Å². The normalized spacial score (nSPS) is 11.1. The molecule has 0 saturated heterocycles. The highest BCUT2D eigenvalue weighted by Gasteiger charge is 2.14. The number of hydrogen-bond donors (Lipinski definition) is 3. The van der Waals surface area contributed by atoms with E-state index in [1.54, 1.807) is 12.1 Å². The molecule has 0 unspecified atom stereocenters. The Hall–Kier alpha value is -4.91. The monoisotopic (exact) mass is 462 g/mol. The van der Waals surface area contributed by atoms with Crippen LogP contribution < -0.4 is 10.2 Å². The number of hydrazone groups is 1. The molecule has 1 aromatic heterocycles. The number of phenols is 1. The van der Waals surface area contributed by atoms with Crippen LogP contribution in [0.5, 0.6) is 11.5 Å². The summed E-state index contributed by atoms with van der Waals surface area (Å²) >= 11 is 0. The van der Waals surface area contributed by atoms with Crippen LogP contribution in [0.25, 0.3) is 22.0 Å². The number of amides is 1. The van der Waals surface area contributed by atoms with Crippen LogP contribution in [-0.4, -0.2) is 27.4 Å². The third-order valence-electron chi connectivity index (χ3n) is 5.53. The molecule has 3 N–H and O–H groups in total. The van der Waals surface area contributed by atoms with Crippen LogP contribution in [0.3, 0.4) is 0 Å². The number of carbonyl (C=O) groups is 1. The molecule has 0 spiro atoms. The second kappa shape index (κ2) is 9.93. The van der Waals surface area contributed by atoms with Crippen LogP contribution in [0.4, 0.5) is 0 Å². The SMILES string of the molecule is O=C(NN=Cc1c(O)ccc2ccccc12)c1cc(-c2ccccc2OCc2ccccc2)n[nH]1. The van der Waals surface area contributed by atoms with Crippen molar-refractivity contribution in [1.82, 2.24) is 15.6 Å². The lowest BCUT2D eigenvalue weighted by Gasteiger charge is -2.10. The van der Waals surface area contributed by atoms with Crippen molar-refractivity contribution in [2.24, 2.45) is 5.10 Å². The number of hydrogen-bond acceptors (Lipinski definition) is 5. The Balaban J connectivity index is 1.30. The lowest BCUT2D eigenvalue weighted by molar-refractivity contribution is 0.0950. The molecule has 4 aromatic carbocycles. The van der Waals surface area contributed by atoms with Crippen molar-refractivity contribution in [3.8, 4) is 22.8 Å². The maximum atomic E-state index is 12.6. The minimum atomic E-state index is -0.456. The summed E-state index contributed by atoms with van der Waals surface area (Å²) in [4.78, 5) is 12.6. The van der Waals surface area contributed by atoms with Crippen molar-refractivity contribution >= 4 is 22.9 Å². The molecule has 5 rings (SSSR count). The number of aromatic hydroxyl groups is 1. The number of benzene rings is 4. The number of aromatic nitrogens is 2. The van der Waals surface area contributed by atoms with E-state index in [1.165, 1.54) is 6.21 Å². The number of rotatable bonds is 7. The van der Waals surface area contributed by atoms with Crippen LogP contribution in [0.2, 0.25) is 0 Å². The van der Waals surface area contributed by atoms with Gasteiger partial charge in [-0.15, -0.1) is 0 Å². The average molecular weight is 463 g/mol. The van der Waals surface area contributed by atoms with Crippen LogP contribution in [0.1, 0.15) is 21.6 Å². The van der Waals surface area contributed by atoms with Crippen molar-refractivity contribution in [3.63, 3.8) is 0 Å². The highest BCUT2D eigenvalue weighted by Crippen LogP contribution is 2.29. The first-order valence-corrected chi connectivity index (χ1v) is 11.0. The van der Waals surface area contributed by atoms with Gasteiger partial charge in [-0.2, -0.15) is 10.2 Å². The minimum Gasteiger partial charge on any atom is -0.507 e. The van der Waals surface area contributed by atoms with Crippen molar-refractivity contribution in [2.75, 3.05) is 0 Å². The zero-order valence-corrected chi connectivity index (χ0v) is 18.7. The molecule has 0 aliphatic carbocycles. The van der Waals surface area contributed by atoms with Gasteiger partial charge in [0.15, 0.2) is 0 Å². The Morgan fingerprint density at radius 3 is 2.63 bits per heavy atom. The number of ether oxygens (including phenoxy) is 1. The fourth-order valence-corrected chi connectivity index (χ4v) is 3.75. The average Bonchev–Trinajstić information content (AvgIpc) is 3.40. The number of nitrogens with zero attached hydrogens (tertiary/aromatic N) is 2. The number of fused-ring (bicyclic) bond motifs is 1. The van der Waals surface area contributed by atoms with E-state index in [4.69, 9.17) is 4.74 Å². The van der Waals surface area contributed by atoms with Gasteiger partial charge in [0.1, 0.15) is 23.8 Å². The van der Waals surface area contributed by atoms with Crippen molar-refractivity contribution in [3.05, 3.63) is 114 Å². The van der Waals surface area contributed by atoms with E-state index in [9.17, 15) is 9.90 Å². The van der Waals surface area contributed by atoms with E-state index >= 15 is 0 Å². The van der Waals surface area contributed by atoms with Gasteiger partial charge in [0.05, 0.1) is 11.9 Å². The topological polar surface area (TPSA) is 99.6 Å². The van der Waals surface area contributed by atoms with Crippen molar-refractivity contribution in [1.29, 1.82) is 0 Å². The maximum Gasteiger partial charge on any atom is 0.289 e. The number of carbonyl (C=O) groups excluding carboxylic acids is 1. The van der Waals surface area contributed by atoms with Gasteiger partial charge in [-0.25, -0.2) is 5.43 Å². The maximum absolute atomic E-state index is 12.6. The largest absolute Gasteiger partial charge is 0.507 e. The molecule has 0 fully saturated rings. The third-order valence-corrected chi connectivity index (χ3v) is 5.53. The molecule has 0 aliphatic heterocycles. The Bertz CT molecular complexity index is 1510. The van der Waals surface area contributed by atoms with Gasteiger partial charge in [-0.05, 0) is 40.6 Å². The Kier molecular flexibility index (Phi) is 6.21. The Morgan fingerprint density at radius 1 is 0.971 bits per heavy atom. The van der Waals surface area contributed by atoms with Gasteiger partial charge in [0.25, 0.3) is 5.91 Å². The number of aromatic amines is 1. The second-order valence-electron chi connectivity index (χ2n) is 7.86. The second-order valence-corrected chi connectivity index (χ2v) is 7.86. The van der Waals surface area contributed by atoms with Crippen molar-refractivity contribution < 1.29 is 14.6 Å².